The molecule has 2 aliphatic heterocycles. The minimum Gasteiger partial charge on any atom is -0.337 e. The maximum absolute atomic E-state index is 12.6. The number of aryl methyl sites for hydroxylation is 1. The van der Waals surface area contributed by atoms with Crippen LogP contribution in [0.15, 0.2) is 41.2 Å². The van der Waals surface area contributed by atoms with Gasteiger partial charge in [-0.1, -0.05) is 30.3 Å². The average molecular weight is 370 g/mol. The number of nitrogens with zero attached hydrogens (tertiary/aromatic N) is 3. The van der Waals surface area contributed by atoms with Crippen LogP contribution in [0.5, 0.6) is 0 Å². The minimum atomic E-state index is 0.115. The van der Waals surface area contributed by atoms with Crippen LogP contribution in [-0.4, -0.2) is 53.4 Å². The zero-order valence-corrected chi connectivity index (χ0v) is 16.1. The fraction of sp³-hybridized carbons (Fsp3) is 0.524. The van der Waals surface area contributed by atoms with Crippen molar-refractivity contribution in [3.63, 3.8) is 0 Å². The van der Waals surface area contributed by atoms with Crippen molar-refractivity contribution in [2.75, 3.05) is 32.7 Å². The molecule has 1 atom stereocenters. The number of amides is 1. The highest BCUT2D eigenvalue weighted by Crippen LogP contribution is 2.39. The summed E-state index contributed by atoms with van der Waals surface area (Å²) in [5, 5.41) is 1.87. The highest BCUT2D eigenvalue weighted by atomic mass is 32.1. The van der Waals surface area contributed by atoms with E-state index in [0.29, 0.717) is 11.1 Å². The Morgan fingerprint density at radius 2 is 2.04 bits per heavy atom. The maximum Gasteiger partial charge on any atom is 0.273 e. The molecule has 2 aliphatic rings. The van der Waals surface area contributed by atoms with E-state index < -0.39 is 0 Å². The summed E-state index contributed by atoms with van der Waals surface area (Å²) in [6, 6.07) is 10.8. The summed E-state index contributed by atoms with van der Waals surface area (Å²) in [6.07, 6.45) is 6.01. The van der Waals surface area contributed by atoms with Gasteiger partial charge in [0.25, 0.3) is 5.91 Å². The lowest BCUT2D eigenvalue weighted by molar-refractivity contribution is 0.0684. The van der Waals surface area contributed by atoms with Gasteiger partial charge < -0.3 is 9.80 Å². The number of benzene rings is 1. The van der Waals surface area contributed by atoms with E-state index in [9.17, 15) is 4.79 Å². The summed E-state index contributed by atoms with van der Waals surface area (Å²) in [4.78, 5) is 21.5. The van der Waals surface area contributed by atoms with Gasteiger partial charge in [0, 0.05) is 30.4 Å². The molecule has 1 spiro atoms. The molecule has 5 heteroatoms. The average Bonchev–Trinajstić information content (AvgIpc) is 3.33. The monoisotopic (exact) mass is 369 g/mol. The fourth-order valence-electron chi connectivity index (χ4n) is 4.57. The highest BCUT2D eigenvalue weighted by Gasteiger charge is 2.42. The topological polar surface area (TPSA) is 36.4 Å². The molecular formula is C21H27N3OS. The number of carbonyl (C=O) groups is 1. The molecular weight excluding hydrogens is 342 g/mol. The lowest BCUT2D eigenvalue weighted by Gasteiger charge is -2.40. The van der Waals surface area contributed by atoms with Crippen LogP contribution in [0.2, 0.25) is 0 Å². The molecule has 0 N–H and O–H groups in total. The van der Waals surface area contributed by atoms with Crippen molar-refractivity contribution >= 4 is 17.2 Å². The Kier molecular flexibility index (Phi) is 5.36. The normalized spacial score (nSPS) is 23.6. The maximum atomic E-state index is 12.6. The van der Waals surface area contributed by atoms with Gasteiger partial charge >= 0.3 is 0 Å². The van der Waals surface area contributed by atoms with Crippen LogP contribution >= 0.6 is 11.3 Å². The van der Waals surface area contributed by atoms with Gasteiger partial charge in [0.15, 0.2) is 0 Å². The molecule has 1 aromatic carbocycles. The van der Waals surface area contributed by atoms with Gasteiger partial charge in [0.05, 0.1) is 5.51 Å². The van der Waals surface area contributed by atoms with Crippen LogP contribution in [0, 0.1) is 5.41 Å². The van der Waals surface area contributed by atoms with Crippen LogP contribution in [0.3, 0.4) is 0 Å². The Balaban J connectivity index is 1.30. The number of hydrogen-bond donors (Lipinski definition) is 0. The van der Waals surface area contributed by atoms with Gasteiger partial charge in [-0.05, 0) is 50.8 Å². The van der Waals surface area contributed by atoms with Crippen molar-refractivity contribution in [2.45, 2.75) is 32.1 Å². The first-order valence-corrected chi connectivity index (χ1v) is 10.6. The standard InChI is InChI=1S/C21H27N3OS/c25-20(19-14-26-17-22-19)24-13-10-21(16-24)9-5-12-23(15-21)11-4-8-18-6-2-1-3-7-18/h1-3,6-7,14,17H,4-5,8-13,15-16H2/t21-/m1/s1. The van der Waals surface area contributed by atoms with E-state index >= 15 is 0 Å². The second-order valence-corrected chi connectivity index (χ2v) is 8.54. The Morgan fingerprint density at radius 3 is 2.85 bits per heavy atom. The van der Waals surface area contributed by atoms with Crippen LogP contribution in [-0.2, 0) is 6.42 Å². The molecule has 0 saturated carbocycles. The molecule has 1 aromatic heterocycles. The number of rotatable bonds is 5. The van der Waals surface area contributed by atoms with Crippen molar-refractivity contribution in [3.05, 3.63) is 52.5 Å². The molecule has 2 saturated heterocycles. The second-order valence-electron chi connectivity index (χ2n) is 7.82. The predicted molar refractivity (Wildman–Crippen MR) is 106 cm³/mol. The Morgan fingerprint density at radius 1 is 1.15 bits per heavy atom. The number of likely N-dealkylation sites (tertiary alicyclic amines) is 2. The summed E-state index contributed by atoms with van der Waals surface area (Å²) < 4.78 is 0. The minimum absolute atomic E-state index is 0.115. The van der Waals surface area contributed by atoms with E-state index in [0.717, 1.165) is 39.0 Å². The SMILES string of the molecule is O=C(c1cscn1)N1CC[C@@]2(CCCN(CCCc3ccccc3)C2)C1. The van der Waals surface area contributed by atoms with Gasteiger partial charge in [-0.25, -0.2) is 4.98 Å². The van der Waals surface area contributed by atoms with E-state index in [-0.39, 0.29) is 5.91 Å². The van der Waals surface area contributed by atoms with E-state index in [1.807, 2.05) is 10.3 Å². The van der Waals surface area contributed by atoms with E-state index in [2.05, 4.69) is 40.2 Å². The van der Waals surface area contributed by atoms with Gasteiger partial charge in [-0.3, -0.25) is 4.79 Å². The van der Waals surface area contributed by atoms with Crippen molar-refractivity contribution in [3.8, 4) is 0 Å². The number of carbonyl (C=O) groups excluding carboxylic acids is 1. The number of hydrogen-bond acceptors (Lipinski definition) is 4. The lowest BCUT2D eigenvalue weighted by atomic mass is 9.79. The molecule has 4 nitrogen and oxygen atoms in total. The molecule has 2 aromatic rings. The Bertz CT molecular complexity index is 718. The molecule has 2 fully saturated rings. The number of aromatic nitrogens is 1. The van der Waals surface area contributed by atoms with E-state index in [1.165, 1.54) is 42.7 Å². The Hall–Kier alpha value is -1.72. The smallest absolute Gasteiger partial charge is 0.273 e. The largest absolute Gasteiger partial charge is 0.337 e. The highest BCUT2D eigenvalue weighted by molar-refractivity contribution is 7.07. The molecule has 0 radical (unpaired) electrons. The number of thiazole rings is 1. The van der Waals surface area contributed by atoms with Gasteiger partial charge in [-0.2, -0.15) is 0 Å². The van der Waals surface area contributed by atoms with E-state index in [1.54, 1.807) is 5.51 Å². The van der Waals surface area contributed by atoms with Crippen molar-refractivity contribution < 1.29 is 4.79 Å². The predicted octanol–water partition coefficient (Wildman–Crippen LogP) is 3.70. The fourth-order valence-corrected chi connectivity index (χ4v) is 5.10. The lowest BCUT2D eigenvalue weighted by Crippen LogP contribution is -2.45. The van der Waals surface area contributed by atoms with E-state index in [4.69, 9.17) is 0 Å². The van der Waals surface area contributed by atoms with Crippen LogP contribution in [0.1, 0.15) is 41.7 Å². The summed E-state index contributed by atoms with van der Waals surface area (Å²) in [6.45, 7) is 5.29. The summed E-state index contributed by atoms with van der Waals surface area (Å²) >= 11 is 1.49. The van der Waals surface area contributed by atoms with Gasteiger partial charge in [0.1, 0.15) is 5.69 Å². The third-order valence-corrected chi connectivity index (χ3v) is 6.49. The van der Waals surface area contributed by atoms with Crippen molar-refractivity contribution in [1.82, 2.24) is 14.8 Å². The first-order valence-electron chi connectivity index (χ1n) is 9.68. The third kappa shape index (κ3) is 3.99. The molecule has 138 valence electrons. The Labute approximate surface area is 159 Å². The second kappa shape index (κ2) is 7.89. The number of piperidine rings is 1. The zero-order chi connectivity index (χ0) is 17.8. The summed E-state index contributed by atoms with van der Waals surface area (Å²) in [5.41, 5.74) is 4.09. The van der Waals surface area contributed by atoms with Crippen molar-refractivity contribution in [2.24, 2.45) is 5.41 Å². The van der Waals surface area contributed by atoms with Crippen LogP contribution < -0.4 is 0 Å². The quantitative estimate of drug-likeness (QED) is 0.806. The molecule has 1 amide bonds. The molecule has 0 bridgehead atoms. The zero-order valence-electron chi connectivity index (χ0n) is 15.3. The van der Waals surface area contributed by atoms with Gasteiger partial charge in [0.2, 0.25) is 0 Å². The molecule has 0 unspecified atom stereocenters. The third-order valence-electron chi connectivity index (χ3n) is 5.90. The molecule has 3 heterocycles. The van der Waals surface area contributed by atoms with Crippen molar-refractivity contribution in [1.29, 1.82) is 0 Å². The van der Waals surface area contributed by atoms with Gasteiger partial charge in [-0.15, -0.1) is 11.3 Å². The first kappa shape index (κ1) is 17.7. The molecule has 4 rings (SSSR count). The molecule has 0 aliphatic carbocycles. The summed E-state index contributed by atoms with van der Waals surface area (Å²) in [7, 11) is 0. The first-order chi connectivity index (χ1) is 12.7. The van der Waals surface area contributed by atoms with Crippen LogP contribution in [0.4, 0.5) is 0 Å². The summed E-state index contributed by atoms with van der Waals surface area (Å²) in [5.74, 6) is 0.115. The molecule has 26 heavy (non-hydrogen) atoms. The van der Waals surface area contributed by atoms with Crippen LogP contribution in [0.25, 0.3) is 0 Å².